The zero-order chi connectivity index (χ0) is 17.8. The Bertz CT molecular complexity index is 540. The zero-order valence-electron chi connectivity index (χ0n) is 15.6. The summed E-state index contributed by atoms with van der Waals surface area (Å²) in [5.41, 5.74) is 2.27. The minimum atomic E-state index is -0.430. The van der Waals surface area contributed by atoms with Gasteiger partial charge >= 0.3 is 0 Å². The van der Waals surface area contributed by atoms with Crippen molar-refractivity contribution in [2.75, 3.05) is 24.3 Å². The third-order valence-electron chi connectivity index (χ3n) is 4.58. The summed E-state index contributed by atoms with van der Waals surface area (Å²) in [5.74, 6) is 1.76. The van der Waals surface area contributed by atoms with Gasteiger partial charge in [0.2, 0.25) is 5.91 Å². The van der Waals surface area contributed by atoms with Crippen LogP contribution in [-0.4, -0.2) is 29.6 Å². The van der Waals surface area contributed by atoms with E-state index in [0.29, 0.717) is 5.92 Å². The molecule has 1 saturated heterocycles. The highest BCUT2D eigenvalue weighted by atomic mass is 32.2. The molecule has 1 amide bonds. The number of nitrogens with one attached hydrogen (secondary N) is 1. The highest BCUT2D eigenvalue weighted by Crippen LogP contribution is 2.31. The van der Waals surface area contributed by atoms with E-state index in [2.05, 4.69) is 38.2 Å². The Kier molecular flexibility index (Phi) is 6.38. The number of benzene rings is 1. The lowest BCUT2D eigenvalue weighted by Crippen LogP contribution is -2.35. The summed E-state index contributed by atoms with van der Waals surface area (Å²) in [6.07, 6.45) is 2.22. The second-order valence-electron chi connectivity index (χ2n) is 8.16. The molecule has 1 aliphatic heterocycles. The van der Waals surface area contributed by atoms with Crippen molar-refractivity contribution in [2.24, 2.45) is 5.92 Å². The Morgan fingerprint density at radius 2 is 1.71 bits per heavy atom. The van der Waals surface area contributed by atoms with Crippen LogP contribution in [0.15, 0.2) is 24.3 Å². The lowest BCUT2D eigenvalue weighted by Gasteiger charge is -2.28. The van der Waals surface area contributed by atoms with Gasteiger partial charge in [-0.3, -0.25) is 4.79 Å². The molecular weight excluding hydrogens is 318 g/mol. The predicted molar refractivity (Wildman–Crippen MR) is 104 cm³/mol. The molecular formula is C20H31NO2S. The maximum absolute atomic E-state index is 12.6. The smallest absolute Gasteiger partial charge is 0.240 e. The molecule has 0 spiro atoms. The van der Waals surface area contributed by atoms with Gasteiger partial charge in [0.15, 0.2) is 0 Å². The Morgan fingerprint density at radius 1 is 1.12 bits per heavy atom. The summed E-state index contributed by atoms with van der Waals surface area (Å²) in [5, 5.41) is 3.06. The van der Waals surface area contributed by atoms with Gasteiger partial charge in [0, 0.05) is 18.9 Å². The van der Waals surface area contributed by atoms with E-state index < -0.39 is 4.75 Å². The summed E-state index contributed by atoms with van der Waals surface area (Å²) in [6.45, 7) is 12.3. The highest BCUT2D eigenvalue weighted by molar-refractivity contribution is 8.01. The van der Waals surface area contributed by atoms with E-state index in [-0.39, 0.29) is 11.3 Å². The topological polar surface area (TPSA) is 38.3 Å². The first-order chi connectivity index (χ1) is 11.2. The Labute approximate surface area is 150 Å². The van der Waals surface area contributed by atoms with Crippen LogP contribution in [0.25, 0.3) is 0 Å². The molecule has 3 nitrogen and oxygen atoms in total. The second kappa shape index (κ2) is 7.92. The molecule has 0 unspecified atom stereocenters. The molecule has 1 aromatic carbocycles. The lowest BCUT2D eigenvalue weighted by atomic mass is 9.87. The number of rotatable bonds is 5. The monoisotopic (exact) mass is 349 g/mol. The SMILES string of the molecule is CC(C)(SCC1CCOCC1)C(=O)Nc1ccc(C(C)(C)C)cc1. The van der Waals surface area contributed by atoms with E-state index in [1.807, 2.05) is 26.0 Å². The predicted octanol–water partition coefficient (Wildman–Crippen LogP) is 4.86. The number of amides is 1. The van der Waals surface area contributed by atoms with Crippen LogP contribution in [0.3, 0.4) is 0 Å². The summed E-state index contributed by atoms with van der Waals surface area (Å²) < 4.78 is 4.97. The Morgan fingerprint density at radius 3 is 2.25 bits per heavy atom. The fourth-order valence-corrected chi connectivity index (χ4v) is 3.81. The van der Waals surface area contributed by atoms with E-state index in [4.69, 9.17) is 4.74 Å². The summed E-state index contributed by atoms with van der Waals surface area (Å²) >= 11 is 1.75. The van der Waals surface area contributed by atoms with Crippen LogP contribution < -0.4 is 5.32 Å². The van der Waals surface area contributed by atoms with Crippen LogP contribution in [0.2, 0.25) is 0 Å². The fourth-order valence-electron chi connectivity index (χ4n) is 2.64. The van der Waals surface area contributed by atoms with Crippen molar-refractivity contribution in [1.82, 2.24) is 0 Å². The fraction of sp³-hybridized carbons (Fsp3) is 0.650. The third kappa shape index (κ3) is 5.52. The molecule has 0 aliphatic carbocycles. The van der Waals surface area contributed by atoms with Gasteiger partial charge in [0.25, 0.3) is 0 Å². The average molecular weight is 350 g/mol. The van der Waals surface area contributed by atoms with Crippen molar-refractivity contribution in [2.45, 2.75) is 57.6 Å². The molecule has 1 N–H and O–H groups in total. The molecule has 0 bridgehead atoms. The summed E-state index contributed by atoms with van der Waals surface area (Å²) in [7, 11) is 0. The maximum atomic E-state index is 12.6. The number of hydrogen-bond donors (Lipinski definition) is 1. The van der Waals surface area contributed by atoms with E-state index in [1.165, 1.54) is 5.56 Å². The van der Waals surface area contributed by atoms with Crippen LogP contribution in [-0.2, 0) is 14.9 Å². The van der Waals surface area contributed by atoms with Gasteiger partial charge in [0.1, 0.15) is 0 Å². The molecule has 1 aromatic rings. The Hall–Kier alpha value is -1.00. The minimum absolute atomic E-state index is 0.0723. The number of ether oxygens (including phenoxy) is 1. The number of anilines is 1. The third-order valence-corrected chi connectivity index (χ3v) is 6.12. The number of thioether (sulfide) groups is 1. The molecule has 134 valence electrons. The van der Waals surface area contributed by atoms with Crippen molar-refractivity contribution < 1.29 is 9.53 Å². The van der Waals surface area contributed by atoms with Crippen LogP contribution in [0, 0.1) is 5.92 Å². The van der Waals surface area contributed by atoms with Crippen LogP contribution in [0.1, 0.15) is 53.0 Å². The average Bonchev–Trinajstić information content (AvgIpc) is 2.53. The molecule has 1 aliphatic rings. The summed E-state index contributed by atoms with van der Waals surface area (Å²) in [6, 6.07) is 8.19. The van der Waals surface area contributed by atoms with Gasteiger partial charge in [-0.05, 0) is 61.5 Å². The van der Waals surface area contributed by atoms with Gasteiger partial charge in [-0.25, -0.2) is 0 Å². The van der Waals surface area contributed by atoms with E-state index in [1.54, 1.807) is 11.8 Å². The van der Waals surface area contributed by atoms with Crippen molar-refractivity contribution in [3.05, 3.63) is 29.8 Å². The largest absolute Gasteiger partial charge is 0.381 e. The Balaban J connectivity index is 1.89. The first-order valence-corrected chi connectivity index (χ1v) is 9.81. The quantitative estimate of drug-likeness (QED) is 0.825. The standard InChI is InChI=1S/C20H31NO2S/c1-19(2,3)16-6-8-17(9-7-16)21-18(22)20(4,5)24-14-15-10-12-23-13-11-15/h6-9,15H,10-14H2,1-5H3,(H,21,22). The molecule has 1 heterocycles. The van der Waals surface area contributed by atoms with Crippen molar-refractivity contribution in [1.29, 1.82) is 0 Å². The molecule has 2 rings (SSSR count). The minimum Gasteiger partial charge on any atom is -0.381 e. The summed E-state index contributed by atoms with van der Waals surface area (Å²) in [4.78, 5) is 12.6. The van der Waals surface area contributed by atoms with Crippen molar-refractivity contribution >= 4 is 23.4 Å². The van der Waals surface area contributed by atoms with Gasteiger partial charge in [-0.2, -0.15) is 0 Å². The van der Waals surface area contributed by atoms with E-state index in [9.17, 15) is 4.79 Å². The van der Waals surface area contributed by atoms with Crippen molar-refractivity contribution in [3.63, 3.8) is 0 Å². The normalized spacial score (nSPS) is 16.9. The van der Waals surface area contributed by atoms with Gasteiger partial charge in [0.05, 0.1) is 4.75 Å². The molecule has 0 atom stereocenters. The van der Waals surface area contributed by atoms with Crippen molar-refractivity contribution in [3.8, 4) is 0 Å². The van der Waals surface area contributed by atoms with Crippen LogP contribution in [0.4, 0.5) is 5.69 Å². The lowest BCUT2D eigenvalue weighted by molar-refractivity contribution is -0.117. The first kappa shape index (κ1) is 19.3. The van der Waals surface area contributed by atoms with Crippen LogP contribution >= 0.6 is 11.8 Å². The molecule has 1 fully saturated rings. The maximum Gasteiger partial charge on any atom is 0.240 e. The first-order valence-electron chi connectivity index (χ1n) is 8.82. The number of carbonyl (C=O) groups excluding carboxylic acids is 1. The van der Waals surface area contributed by atoms with E-state index in [0.717, 1.165) is 37.5 Å². The molecule has 0 radical (unpaired) electrons. The molecule has 0 saturated carbocycles. The van der Waals surface area contributed by atoms with Gasteiger partial charge < -0.3 is 10.1 Å². The van der Waals surface area contributed by atoms with Gasteiger partial charge in [-0.1, -0.05) is 32.9 Å². The van der Waals surface area contributed by atoms with Crippen LogP contribution in [0.5, 0.6) is 0 Å². The van der Waals surface area contributed by atoms with E-state index >= 15 is 0 Å². The number of carbonyl (C=O) groups is 1. The number of hydrogen-bond acceptors (Lipinski definition) is 3. The second-order valence-corrected chi connectivity index (χ2v) is 9.80. The zero-order valence-corrected chi connectivity index (χ0v) is 16.5. The highest BCUT2D eigenvalue weighted by Gasteiger charge is 2.30. The van der Waals surface area contributed by atoms with Gasteiger partial charge in [-0.15, -0.1) is 11.8 Å². The molecule has 24 heavy (non-hydrogen) atoms. The molecule has 4 heteroatoms. The molecule has 0 aromatic heterocycles.